The van der Waals surface area contributed by atoms with Gasteiger partial charge in [-0.1, -0.05) is 13.3 Å². The first kappa shape index (κ1) is 18.4. The molecule has 0 aromatic carbocycles. The summed E-state index contributed by atoms with van der Waals surface area (Å²) in [7, 11) is 0. The Morgan fingerprint density at radius 2 is 1.91 bits per heavy atom. The summed E-state index contributed by atoms with van der Waals surface area (Å²) >= 11 is 0. The van der Waals surface area contributed by atoms with Crippen molar-refractivity contribution in [3.63, 3.8) is 0 Å². The van der Waals surface area contributed by atoms with Gasteiger partial charge in [-0.25, -0.2) is 0 Å². The SMILES string of the molecule is CCCC(N)C(=O)N1CCC(C(=O)NCC(=O)OCC)CC1. The normalized spacial score (nSPS) is 17.0. The number of rotatable bonds is 7. The van der Waals surface area contributed by atoms with Crippen molar-refractivity contribution in [3.05, 3.63) is 0 Å². The van der Waals surface area contributed by atoms with Gasteiger partial charge in [-0.2, -0.15) is 0 Å². The number of ether oxygens (including phenoxy) is 1. The first-order valence-electron chi connectivity index (χ1n) is 7.97. The number of hydrogen-bond donors (Lipinski definition) is 2. The third kappa shape index (κ3) is 5.63. The molecule has 0 spiro atoms. The van der Waals surface area contributed by atoms with Crippen LogP contribution >= 0.6 is 0 Å². The van der Waals surface area contributed by atoms with Gasteiger partial charge in [-0.05, 0) is 26.2 Å². The van der Waals surface area contributed by atoms with E-state index in [1.54, 1.807) is 11.8 Å². The highest BCUT2D eigenvalue weighted by molar-refractivity contribution is 5.84. The maximum Gasteiger partial charge on any atom is 0.325 e. The molecule has 1 aliphatic heterocycles. The van der Waals surface area contributed by atoms with Crippen molar-refractivity contribution in [1.29, 1.82) is 0 Å². The number of piperidine rings is 1. The molecule has 7 heteroatoms. The van der Waals surface area contributed by atoms with Gasteiger partial charge in [0.2, 0.25) is 11.8 Å². The molecule has 1 unspecified atom stereocenters. The molecule has 1 aliphatic rings. The second kappa shape index (κ2) is 9.40. The molecule has 7 nitrogen and oxygen atoms in total. The third-order valence-electron chi connectivity index (χ3n) is 3.81. The van der Waals surface area contributed by atoms with E-state index in [0.717, 1.165) is 6.42 Å². The molecule has 0 saturated carbocycles. The van der Waals surface area contributed by atoms with Gasteiger partial charge in [0.1, 0.15) is 6.54 Å². The second-order valence-electron chi connectivity index (χ2n) is 5.52. The second-order valence-corrected chi connectivity index (χ2v) is 5.52. The fourth-order valence-electron chi connectivity index (χ4n) is 2.55. The molecule has 1 heterocycles. The van der Waals surface area contributed by atoms with E-state index in [-0.39, 0.29) is 24.3 Å². The van der Waals surface area contributed by atoms with Gasteiger partial charge in [0.25, 0.3) is 0 Å². The zero-order valence-corrected chi connectivity index (χ0v) is 13.5. The van der Waals surface area contributed by atoms with E-state index >= 15 is 0 Å². The fourth-order valence-corrected chi connectivity index (χ4v) is 2.55. The summed E-state index contributed by atoms with van der Waals surface area (Å²) in [5.41, 5.74) is 5.84. The van der Waals surface area contributed by atoms with Crippen molar-refractivity contribution in [3.8, 4) is 0 Å². The Hall–Kier alpha value is -1.63. The maximum atomic E-state index is 12.1. The van der Waals surface area contributed by atoms with Crippen LogP contribution in [0.4, 0.5) is 0 Å². The Labute approximate surface area is 131 Å². The largest absolute Gasteiger partial charge is 0.465 e. The molecule has 0 aliphatic carbocycles. The summed E-state index contributed by atoms with van der Waals surface area (Å²) in [6.07, 6.45) is 2.75. The van der Waals surface area contributed by atoms with Crippen LogP contribution in [0, 0.1) is 5.92 Å². The van der Waals surface area contributed by atoms with Crippen molar-refractivity contribution in [2.45, 2.75) is 45.6 Å². The average Bonchev–Trinajstić information content (AvgIpc) is 2.52. The lowest BCUT2D eigenvalue weighted by molar-refractivity contribution is -0.144. The topological polar surface area (TPSA) is 102 Å². The molecule has 0 radical (unpaired) electrons. The van der Waals surface area contributed by atoms with E-state index in [0.29, 0.717) is 39.0 Å². The van der Waals surface area contributed by atoms with Crippen LogP contribution in [0.15, 0.2) is 0 Å². The lowest BCUT2D eigenvalue weighted by atomic mass is 9.95. The Balaban J connectivity index is 2.33. The zero-order chi connectivity index (χ0) is 16.5. The van der Waals surface area contributed by atoms with Gasteiger partial charge < -0.3 is 20.7 Å². The Kier molecular flexibility index (Phi) is 7.87. The van der Waals surface area contributed by atoms with E-state index in [1.165, 1.54) is 0 Å². The number of likely N-dealkylation sites (tertiary alicyclic amines) is 1. The van der Waals surface area contributed by atoms with Crippen LogP contribution in [0.3, 0.4) is 0 Å². The summed E-state index contributed by atoms with van der Waals surface area (Å²) in [5.74, 6) is -0.792. The van der Waals surface area contributed by atoms with E-state index in [9.17, 15) is 14.4 Å². The number of esters is 1. The maximum absolute atomic E-state index is 12.1. The molecule has 1 saturated heterocycles. The minimum Gasteiger partial charge on any atom is -0.465 e. The molecular formula is C15H27N3O4. The quantitative estimate of drug-likeness (QED) is 0.646. The summed E-state index contributed by atoms with van der Waals surface area (Å²) < 4.78 is 4.76. The van der Waals surface area contributed by atoms with Crippen LogP contribution in [-0.2, 0) is 19.1 Å². The predicted octanol–water partition coefficient (Wildman–Crippen LogP) is 0.0317. The molecule has 1 fully saturated rings. The van der Waals surface area contributed by atoms with Crippen LogP contribution in [-0.4, -0.2) is 55.0 Å². The van der Waals surface area contributed by atoms with Crippen LogP contribution in [0.5, 0.6) is 0 Å². The lowest BCUT2D eigenvalue weighted by Gasteiger charge is -2.32. The van der Waals surface area contributed by atoms with E-state index in [2.05, 4.69) is 5.32 Å². The van der Waals surface area contributed by atoms with E-state index in [1.807, 2.05) is 6.92 Å². The molecule has 0 aromatic rings. The first-order valence-corrected chi connectivity index (χ1v) is 7.97. The van der Waals surface area contributed by atoms with E-state index in [4.69, 9.17) is 10.5 Å². The highest BCUT2D eigenvalue weighted by Gasteiger charge is 2.29. The van der Waals surface area contributed by atoms with Crippen LogP contribution < -0.4 is 11.1 Å². The molecule has 2 amide bonds. The molecular weight excluding hydrogens is 286 g/mol. The van der Waals surface area contributed by atoms with Gasteiger partial charge in [-0.15, -0.1) is 0 Å². The number of carbonyl (C=O) groups is 3. The van der Waals surface area contributed by atoms with Crippen LogP contribution in [0.2, 0.25) is 0 Å². The third-order valence-corrected chi connectivity index (χ3v) is 3.81. The minimum atomic E-state index is -0.445. The monoisotopic (exact) mass is 313 g/mol. The lowest BCUT2D eigenvalue weighted by Crippen LogP contribution is -2.49. The molecule has 1 atom stereocenters. The molecule has 3 N–H and O–H groups in total. The number of nitrogens with zero attached hydrogens (tertiary/aromatic N) is 1. The standard InChI is InChI=1S/C15H27N3O4/c1-3-5-12(16)15(21)18-8-6-11(7-9-18)14(20)17-10-13(19)22-4-2/h11-12H,3-10,16H2,1-2H3,(H,17,20). The fraction of sp³-hybridized carbons (Fsp3) is 0.800. The molecule has 1 rings (SSSR count). The van der Waals surface area contributed by atoms with Gasteiger partial charge in [-0.3, -0.25) is 14.4 Å². The molecule has 126 valence electrons. The van der Waals surface area contributed by atoms with Crippen LogP contribution in [0.25, 0.3) is 0 Å². The highest BCUT2D eigenvalue weighted by atomic mass is 16.5. The predicted molar refractivity (Wildman–Crippen MR) is 81.8 cm³/mol. The first-order chi connectivity index (χ1) is 10.5. The molecule has 0 bridgehead atoms. The Morgan fingerprint density at radius 3 is 2.45 bits per heavy atom. The van der Waals surface area contributed by atoms with Gasteiger partial charge in [0.05, 0.1) is 12.6 Å². The van der Waals surface area contributed by atoms with Crippen molar-refractivity contribution < 1.29 is 19.1 Å². The van der Waals surface area contributed by atoms with Gasteiger partial charge in [0, 0.05) is 19.0 Å². The molecule has 22 heavy (non-hydrogen) atoms. The van der Waals surface area contributed by atoms with Crippen molar-refractivity contribution >= 4 is 17.8 Å². The number of amides is 2. The Bertz CT molecular complexity index is 392. The highest BCUT2D eigenvalue weighted by Crippen LogP contribution is 2.18. The van der Waals surface area contributed by atoms with Crippen molar-refractivity contribution in [2.75, 3.05) is 26.2 Å². The van der Waals surface area contributed by atoms with Crippen molar-refractivity contribution in [2.24, 2.45) is 11.7 Å². The minimum absolute atomic E-state index is 0.0350. The van der Waals surface area contributed by atoms with Crippen LogP contribution in [0.1, 0.15) is 39.5 Å². The zero-order valence-electron chi connectivity index (χ0n) is 13.5. The van der Waals surface area contributed by atoms with E-state index < -0.39 is 12.0 Å². The number of carbonyl (C=O) groups excluding carboxylic acids is 3. The summed E-state index contributed by atoms with van der Waals surface area (Å²) in [6, 6.07) is -0.445. The summed E-state index contributed by atoms with van der Waals surface area (Å²) in [4.78, 5) is 37.0. The Morgan fingerprint density at radius 1 is 1.27 bits per heavy atom. The number of nitrogens with two attached hydrogens (primary N) is 1. The summed E-state index contributed by atoms with van der Waals surface area (Å²) in [6.45, 7) is 4.98. The van der Waals surface area contributed by atoms with Gasteiger partial charge in [0.15, 0.2) is 0 Å². The summed E-state index contributed by atoms with van der Waals surface area (Å²) in [5, 5.41) is 2.58. The smallest absolute Gasteiger partial charge is 0.325 e. The molecule has 0 aromatic heterocycles. The van der Waals surface area contributed by atoms with Crippen molar-refractivity contribution in [1.82, 2.24) is 10.2 Å². The van der Waals surface area contributed by atoms with Gasteiger partial charge >= 0.3 is 5.97 Å². The number of hydrogen-bond acceptors (Lipinski definition) is 5. The average molecular weight is 313 g/mol. The number of nitrogens with one attached hydrogen (secondary N) is 1.